The quantitative estimate of drug-likeness (QED) is 0.770. The second-order valence-electron chi connectivity index (χ2n) is 3.03. The molecule has 1 heterocycles. The predicted molar refractivity (Wildman–Crippen MR) is 48.8 cm³/mol. The Morgan fingerprint density at radius 1 is 1.69 bits per heavy atom. The van der Waals surface area contributed by atoms with Crippen molar-refractivity contribution in [1.82, 2.24) is 9.55 Å². The van der Waals surface area contributed by atoms with Gasteiger partial charge >= 0.3 is 5.97 Å². The van der Waals surface area contributed by atoms with Crippen LogP contribution in [0.2, 0.25) is 0 Å². The molecule has 0 aliphatic heterocycles. The van der Waals surface area contributed by atoms with E-state index >= 15 is 0 Å². The molecular formula is C9H14N2O2. The molecule has 1 N–H and O–H groups in total. The fourth-order valence-electron chi connectivity index (χ4n) is 1.26. The van der Waals surface area contributed by atoms with Gasteiger partial charge in [0.05, 0.1) is 12.0 Å². The number of nitrogens with zero attached hydrogens (tertiary/aromatic N) is 2. The smallest absolute Gasteiger partial charge is 0.354 e. The first-order chi connectivity index (χ1) is 6.16. The van der Waals surface area contributed by atoms with Gasteiger partial charge in [-0.1, -0.05) is 13.3 Å². The van der Waals surface area contributed by atoms with E-state index in [-0.39, 0.29) is 0 Å². The first-order valence-corrected chi connectivity index (χ1v) is 4.41. The average molecular weight is 182 g/mol. The molecule has 0 fully saturated rings. The van der Waals surface area contributed by atoms with Crippen LogP contribution in [0.1, 0.15) is 35.9 Å². The molecule has 72 valence electrons. The number of carboxylic acid groups (broad SMARTS) is 1. The highest BCUT2D eigenvalue weighted by Gasteiger charge is 2.13. The molecule has 4 nitrogen and oxygen atoms in total. The molecular weight excluding hydrogens is 168 g/mol. The topological polar surface area (TPSA) is 55.1 Å². The lowest BCUT2D eigenvalue weighted by atomic mass is 10.3. The lowest BCUT2D eigenvalue weighted by Crippen LogP contribution is -2.09. The zero-order valence-corrected chi connectivity index (χ0v) is 7.95. The third kappa shape index (κ3) is 2.08. The standard InChI is InChI=1S/C9H14N2O2/c1-3-4-5-11-6-10-7(2)8(11)9(12)13/h6H,3-5H2,1-2H3,(H,12,13). The zero-order chi connectivity index (χ0) is 9.84. The third-order valence-electron chi connectivity index (χ3n) is 1.98. The van der Waals surface area contributed by atoms with E-state index in [9.17, 15) is 4.79 Å². The second-order valence-corrected chi connectivity index (χ2v) is 3.03. The van der Waals surface area contributed by atoms with Gasteiger partial charge < -0.3 is 9.67 Å². The summed E-state index contributed by atoms with van der Waals surface area (Å²) in [6.07, 6.45) is 3.63. The van der Waals surface area contributed by atoms with E-state index < -0.39 is 5.97 Å². The Morgan fingerprint density at radius 2 is 2.38 bits per heavy atom. The van der Waals surface area contributed by atoms with E-state index in [2.05, 4.69) is 11.9 Å². The van der Waals surface area contributed by atoms with Gasteiger partial charge in [0.1, 0.15) is 5.69 Å². The van der Waals surface area contributed by atoms with E-state index in [1.807, 2.05) is 0 Å². The predicted octanol–water partition coefficient (Wildman–Crippen LogP) is 1.69. The van der Waals surface area contributed by atoms with Crippen LogP contribution in [0.25, 0.3) is 0 Å². The normalized spacial score (nSPS) is 10.3. The molecule has 0 atom stereocenters. The molecule has 0 spiro atoms. The van der Waals surface area contributed by atoms with Gasteiger partial charge in [-0.05, 0) is 13.3 Å². The minimum absolute atomic E-state index is 0.313. The molecule has 4 heteroatoms. The largest absolute Gasteiger partial charge is 0.477 e. The maximum absolute atomic E-state index is 10.8. The molecule has 0 saturated carbocycles. The van der Waals surface area contributed by atoms with Crippen molar-refractivity contribution < 1.29 is 9.90 Å². The number of carboxylic acids is 1. The molecule has 0 aromatic carbocycles. The van der Waals surface area contributed by atoms with Crippen molar-refractivity contribution in [2.75, 3.05) is 0 Å². The molecule has 0 unspecified atom stereocenters. The Hall–Kier alpha value is -1.32. The lowest BCUT2D eigenvalue weighted by molar-refractivity contribution is 0.0684. The maximum Gasteiger partial charge on any atom is 0.354 e. The van der Waals surface area contributed by atoms with Crippen molar-refractivity contribution in [2.24, 2.45) is 0 Å². The van der Waals surface area contributed by atoms with Crippen molar-refractivity contribution in [3.63, 3.8) is 0 Å². The van der Waals surface area contributed by atoms with Gasteiger partial charge in [0.2, 0.25) is 0 Å². The molecule has 0 bridgehead atoms. The van der Waals surface area contributed by atoms with Gasteiger partial charge in [0, 0.05) is 6.54 Å². The minimum atomic E-state index is -0.897. The third-order valence-corrected chi connectivity index (χ3v) is 1.98. The summed E-state index contributed by atoms with van der Waals surface area (Å²) in [7, 11) is 0. The van der Waals surface area contributed by atoms with E-state index in [1.165, 1.54) is 0 Å². The molecule has 0 aliphatic carbocycles. The molecule has 0 amide bonds. The summed E-state index contributed by atoms with van der Waals surface area (Å²) >= 11 is 0. The number of aryl methyl sites for hydroxylation is 2. The van der Waals surface area contributed by atoms with E-state index in [4.69, 9.17) is 5.11 Å². The minimum Gasteiger partial charge on any atom is -0.477 e. The highest BCUT2D eigenvalue weighted by molar-refractivity contribution is 5.86. The highest BCUT2D eigenvalue weighted by Crippen LogP contribution is 2.07. The van der Waals surface area contributed by atoms with Gasteiger partial charge in [-0.25, -0.2) is 9.78 Å². The fourth-order valence-corrected chi connectivity index (χ4v) is 1.26. The summed E-state index contributed by atoms with van der Waals surface area (Å²) in [5, 5.41) is 8.87. The fraction of sp³-hybridized carbons (Fsp3) is 0.556. The van der Waals surface area contributed by atoms with Gasteiger partial charge in [0.15, 0.2) is 0 Å². The average Bonchev–Trinajstić information content (AvgIpc) is 2.43. The molecule has 13 heavy (non-hydrogen) atoms. The number of aromatic nitrogens is 2. The monoisotopic (exact) mass is 182 g/mol. The molecule has 0 radical (unpaired) electrons. The van der Waals surface area contributed by atoms with Crippen LogP contribution < -0.4 is 0 Å². The number of rotatable bonds is 4. The number of imidazole rings is 1. The summed E-state index contributed by atoms with van der Waals surface area (Å²) in [5.41, 5.74) is 0.900. The molecule has 1 rings (SSSR count). The van der Waals surface area contributed by atoms with Crippen molar-refractivity contribution in [1.29, 1.82) is 0 Å². The van der Waals surface area contributed by atoms with Crippen molar-refractivity contribution in [2.45, 2.75) is 33.2 Å². The Morgan fingerprint density at radius 3 is 2.92 bits per heavy atom. The number of hydrogen-bond acceptors (Lipinski definition) is 2. The van der Waals surface area contributed by atoms with Crippen molar-refractivity contribution >= 4 is 5.97 Å². The van der Waals surface area contributed by atoms with Crippen LogP contribution in [0.15, 0.2) is 6.33 Å². The Kier molecular flexibility index (Phi) is 3.06. The molecule has 1 aromatic rings. The SMILES string of the molecule is CCCCn1cnc(C)c1C(=O)O. The van der Waals surface area contributed by atoms with Crippen LogP contribution in [0.5, 0.6) is 0 Å². The van der Waals surface area contributed by atoms with Crippen LogP contribution in [-0.4, -0.2) is 20.6 Å². The number of hydrogen-bond donors (Lipinski definition) is 1. The number of aromatic carboxylic acids is 1. The van der Waals surface area contributed by atoms with E-state index in [0.717, 1.165) is 19.4 Å². The van der Waals surface area contributed by atoms with Gasteiger partial charge in [-0.2, -0.15) is 0 Å². The summed E-state index contributed by atoms with van der Waals surface area (Å²) in [5.74, 6) is -0.897. The van der Waals surface area contributed by atoms with Crippen LogP contribution in [0.4, 0.5) is 0 Å². The highest BCUT2D eigenvalue weighted by atomic mass is 16.4. The van der Waals surface area contributed by atoms with E-state index in [1.54, 1.807) is 17.8 Å². The van der Waals surface area contributed by atoms with Crippen LogP contribution in [0, 0.1) is 6.92 Å². The molecule has 0 saturated heterocycles. The number of carbonyl (C=O) groups is 1. The summed E-state index contributed by atoms with van der Waals surface area (Å²) in [6.45, 7) is 4.52. The summed E-state index contributed by atoms with van der Waals surface area (Å²) in [6, 6.07) is 0. The van der Waals surface area contributed by atoms with Gasteiger partial charge in [0.25, 0.3) is 0 Å². The Bertz CT molecular complexity index is 305. The Labute approximate surface area is 77.2 Å². The Balaban J connectivity index is 2.87. The lowest BCUT2D eigenvalue weighted by Gasteiger charge is -2.03. The van der Waals surface area contributed by atoms with Gasteiger partial charge in [-0.15, -0.1) is 0 Å². The zero-order valence-electron chi connectivity index (χ0n) is 7.95. The van der Waals surface area contributed by atoms with E-state index in [0.29, 0.717) is 11.4 Å². The first kappa shape index (κ1) is 9.77. The van der Waals surface area contributed by atoms with Crippen LogP contribution in [-0.2, 0) is 6.54 Å². The number of unbranched alkanes of at least 4 members (excludes halogenated alkanes) is 1. The van der Waals surface area contributed by atoms with Gasteiger partial charge in [-0.3, -0.25) is 0 Å². The van der Waals surface area contributed by atoms with Crippen LogP contribution >= 0.6 is 0 Å². The summed E-state index contributed by atoms with van der Waals surface area (Å²) < 4.78 is 1.70. The van der Waals surface area contributed by atoms with Crippen molar-refractivity contribution in [3.05, 3.63) is 17.7 Å². The van der Waals surface area contributed by atoms with Crippen LogP contribution in [0.3, 0.4) is 0 Å². The summed E-state index contributed by atoms with van der Waals surface area (Å²) in [4.78, 5) is 14.8. The molecule has 0 aliphatic rings. The maximum atomic E-state index is 10.8. The molecule has 1 aromatic heterocycles. The van der Waals surface area contributed by atoms with Crippen molar-refractivity contribution in [3.8, 4) is 0 Å². The second kappa shape index (κ2) is 4.07. The first-order valence-electron chi connectivity index (χ1n) is 4.41.